The summed E-state index contributed by atoms with van der Waals surface area (Å²) in [5, 5.41) is 16.3. The molecular weight excluding hydrogens is 458 g/mol. The predicted octanol–water partition coefficient (Wildman–Crippen LogP) is 1.34. The summed E-state index contributed by atoms with van der Waals surface area (Å²) in [5.41, 5.74) is 3.45. The molecule has 0 aliphatic carbocycles. The van der Waals surface area contributed by atoms with Gasteiger partial charge in [-0.1, -0.05) is 47.5 Å². The fraction of sp³-hybridized carbons (Fsp3) is 0.167. The van der Waals surface area contributed by atoms with E-state index >= 15 is 0 Å². The Morgan fingerprint density at radius 1 is 1.00 bits per heavy atom. The quantitative estimate of drug-likeness (QED) is 0.544. The molecule has 1 aliphatic rings. The van der Waals surface area contributed by atoms with Gasteiger partial charge in [-0.15, -0.1) is 0 Å². The molecule has 1 heterocycles. The van der Waals surface area contributed by atoms with E-state index in [1.54, 1.807) is 19.2 Å². The first kappa shape index (κ1) is 24.8. The van der Waals surface area contributed by atoms with Crippen molar-refractivity contribution in [3.63, 3.8) is 0 Å². The number of carboxylic acids is 1. The smallest absolute Gasteiger partial charge is 0.545 e. The third kappa shape index (κ3) is 5.54. The van der Waals surface area contributed by atoms with E-state index in [4.69, 9.17) is 32.9 Å². The van der Waals surface area contributed by atoms with Crippen LogP contribution in [0.1, 0.15) is 44.7 Å². The average Bonchev–Trinajstić information content (AvgIpc) is 3.20. The van der Waals surface area contributed by atoms with Gasteiger partial charge in [0.15, 0.2) is 0 Å². The van der Waals surface area contributed by atoms with Crippen molar-refractivity contribution in [3.05, 3.63) is 105 Å². The summed E-state index contributed by atoms with van der Waals surface area (Å²) in [5.74, 6) is -0.651. The first-order valence-corrected chi connectivity index (χ1v) is 10.4. The third-order valence-corrected chi connectivity index (χ3v) is 5.63. The molecule has 2 atom stereocenters. The van der Waals surface area contributed by atoms with Crippen LogP contribution in [0, 0.1) is 0 Å². The Morgan fingerprint density at radius 2 is 1.59 bits per heavy atom. The number of carbonyl (C=O) groups excluding carboxylic acids is 1. The molecule has 0 bridgehead atoms. The van der Waals surface area contributed by atoms with Crippen LogP contribution in [0.15, 0.2) is 71.7 Å². The molecule has 0 fully saturated rings. The van der Waals surface area contributed by atoms with Gasteiger partial charge in [-0.25, -0.2) is 0 Å². The van der Waals surface area contributed by atoms with Crippen LogP contribution in [-0.2, 0) is 11.3 Å². The van der Waals surface area contributed by atoms with Crippen LogP contribution in [-0.4, -0.2) is 18.9 Å². The van der Waals surface area contributed by atoms with E-state index in [1.165, 1.54) is 0 Å². The number of hydrogen-bond acceptors (Lipinski definition) is 5. The Bertz CT molecular complexity index is 1130. The first-order chi connectivity index (χ1) is 14.9. The molecule has 1 aliphatic heterocycles. The molecule has 0 saturated carbocycles. The van der Waals surface area contributed by atoms with Crippen molar-refractivity contribution in [3.8, 4) is 0 Å². The molecule has 3 aromatic rings. The van der Waals surface area contributed by atoms with Crippen LogP contribution in [0.2, 0.25) is 10.0 Å². The van der Waals surface area contributed by atoms with Crippen LogP contribution in [0.3, 0.4) is 0 Å². The number of carbonyl (C=O) groups is 1. The van der Waals surface area contributed by atoms with Crippen LogP contribution >= 0.6 is 23.2 Å². The Morgan fingerprint density at radius 3 is 2.16 bits per heavy atom. The van der Waals surface area contributed by atoms with Crippen molar-refractivity contribution >= 4 is 35.0 Å². The molecule has 0 saturated heterocycles. The molecular formula is C24H19Cl2N2NaO3. The van der Waals surface area contributed by atoms with E-state index in [2.05, 4.69) is 5.32 Å². The summed E-state index contributed by atoms with van der Waals surface area (Å²) in [6.45, 7) is 0.280. The number of rotatable bonds is 6. The number of ether oxygens (including phenoxy) is 1. The van der Waals surface area contributed by atoms with Crippen LogP contribution < -0.4 is 40.0 Å². The molecule has 2 unspecified atom stereocenters. The van der Waals surface area contributed by atoms with E-state index in [1.807, 2.05) is 54.6 Å². The molecule has 3 aromatic carbocycles. The van der Waals surface area contributed by atoms with E-state index in [0.29, 0.717) is 21.4 Å². The number of carboxylic acid groups (broad SMARTS) is 1. The van der Waals surface area contributed by atoms with Gasteiger partial charge in [0.2, 0.25) is 0 Å². The summed E-state index contributed by atoms with van der Waals surface area (Å²) < 4.78 is 5.18. The van der Waals surface area contributed by atoms with Gasteiger partial charge in [-0.2, -0.15) is 0 Å². The largest absolute Gasteiger partial charge is 1.00 e. The Labute approximate surface area is 218 Å². The fourth-order valence-electron chi connectivity index (χ4n) is 3.69. The van der Waals surface area contributed by atoms with E-state index in [9.17, 15) is 9.90 Å². The number of nitrogens with one attached hydrogen (secondary N) is 1. The summed E-state index contributed by atoms with van der Waals surface area (Å²) in [6, 6.07) is 19.7. The molecule has 1 N–H and O–H groups in total. The van der Waals surface area contributed by atoms with Crippen molar-refractivity contribution in [2.45, 2.75) is 18.7 Å². The average molecular weight is 477 g/mol. The Kier molecular flexibility index (Phi) is 8.39. The molecule has 4 rings (SSSR count). The normalized spacial score (nSPS) is 17.3. The maximum Gasteiger partial charge on any atom is 1.00 e. The zero-order valence-corrected chi connectivity index (χ0v) is 21.2. The van der Waals surface area contributed by atoms with Gasteiger partial charge in [0.1, 0.15) is 11.9 Å². The Hall–Kier alpha value is -1.86. The van der Waals surface area contributed by atoms with Crippen LogP contribution in [0.4, 0.5) is 0 Å². The molecule has 0 radical (unpaired) electrons. The van der Waals surface area contributed by atoms with Crippen LogP contribution in [0.5, 0.6) is 0 Å². The number of aliphatic imine (C=N–C) groups is 1. The van der Waals surface area contributed by atoms with Gasteiger partial charge in [0, 0.05) is 22.7 Å². The topological polar surface area (TPSA) is 73.8 Å². The third-order valence-electron chi connectivity index (χ3n) is 5.13. The van der Waals surface area contributed by atoms with Crippen molar-refractivity contribution < 1.29 is 44.2 Å². The summed E-state index contributed by atoms with van der Waals surface area (Å²) >= 11 is 12.1. The van der Waals surface area contributed by atoms with Crippen molar-refractivity contribution in [2.75, 3.05) is 7.11 Å². The van der Waals surface area contributed by atoms with Gasteiger partial charge in [0.25, 0.3) is 0 Å². The molecule has 8 heteroatoms. The van der Waals surface area contributed by atoms with Crippen LogP contribution in [0.25, 0.3) is 0 Å². The Balaban J connectivity index is 0.00000289. The minimum Gasteiger partial charge on any atom is -0.545 e. The number of aromatic carboxylic acids is 1. The number of amidine groups is 1. The molecule has 158 valence electrons. The molecule has 0 aromatic heterocycles. The number of hydrogen-bond donors (Lipinski definition) is 1. The number of benzene rings is 3. The number of halogens is 2. The van der Waals surface area contributed by atoms with E-state index < -0.39 is 5.97 Å². The summed E-state index contributed by atoms with van der Waals surface area (Å²) in [4.78, 5) is 16.4. The van der Waals surface area contributed by atoms with Gasteiger partial charge >= 0.3 is 29.6 Å². The van der Waals surface area contributed by atoms with E-state index in [-0.39, 0.29) is 53.8 Å². The van der Waals surface area contributed by atoms with Gasteiger partial charge in [-0.05, 0) is 64.7 Å². The molecule has 0 amide bonds. The molecule has 32 heavy (non-hydrogen) atoms. The maximum atomic E-state index is 11.5. The van der Waals surface area contributed by atoms with Crippen molar-refractivity contribution in [2.24, 2.45) is 4.99 Å². The zero-order valence-electron chi connectivity index (χ0n) is 17.6. The second-order valence-corrected chi connectivity index (χ2v) is 8.16. The SMILES string of the molecule is COCc1cc(C(=O)[O-])cc(C2=NC(c3ccc(Cl)cc3)C(c3ccc(Cl)cc3)N2)c1.[Na+]. The molecule has 5 nitrogen and oxygen atoms in total. The van der Waals surface area contributed by atoms with Crippen molar-refractivity contribution in [1.29, 1.82) is 0 Å². The number of nitrogens with zero attached hydrogens (tertiary/aromatic N) is 1. The van der Waals surface area contributed by atoms with Gasteiger partial charge in [-0.3, -0.25) is 4.99 Å². The second-order valence-electron chi connectivity index (χ2n) is 7.29. The summed E-state index contributed by atoms with van der Waals surface area (Å²) in [6.07, 6.45) is 0. The standard InChI is InChI=1S/C24H20Cl2N2O3.Na/c1-31-13-14-10-17(12-18(11-14)24(29)30)23-27-21(15-2-6-19(25)7-3-15)22(28-23)16-4-8-20(26)9-5-16;/h2-12,21-22H,13H2,1H3,(H,27,28)(H,29,30);/q;+1/p-1. The summed E-state index contributed by atoms with van der Waals surface area (Å²) in [7, 11) is 1.56. The molecule has 0 spiro atoms. The zero-order chi connectivity index (χ0) is 22.0. The fourth-order valence-corrected chi connectivity index (χ4v) is 3.95. The maximum absolute atomic E-state index is 11.5. The number of methoxy groups -OCH3 is 1. The minimum absolute atomic E-state index is 0. The van der Waals surface area contributed by atoms with Gasteiger partial charge in [0.05, 0.1) is 18.6 Å². The van der Waals surface area contributed by atoms with E-state index in [0.717, 1.165) is 16.7 Å². The first-order valence-electron chi connectivity index (χ1n) is 9.64. The predicted molar refractivity (Wildman–Crippen MR) is 120 cm³/mol. The minimum atomic E-state index is -1.25. The van der Waals surface area contributed by atoms with Gasteiger partial charge < -0.3 is 20.0 Å². The second kappa shape index (κ2) is 10.8. The monoisotopic (exact) mass is 476 g/mol. The van der Waals surface area contributed by atoms with Crippen molar-refractivity contribution in [1.82, 2.24) is 5.32 Å².